The fourth-order valence-corrected chi connectivity index (χ4v) is 2.15. The fourth-order valence-electron chi connectivity index (χ4n) is 2.15. The van der Waals surface area contributed by atoms with Crippen LogP contribution in [-0.2, 0) is 16.1 Å². The third-order valence-electron chi connectivity index (χ3n) is 3.08. The minimum atomic E-state index is -0.378. The van der Waals surface area contributed by atoms with Crippen LogP contribution in [0.25, 0.3) is 0 Å². The maximum atomic E-state index is 12.0. The van der Waals surface area contributed by atoms with Crippen LogP contribution in [-0.4, -0.2) is 41.0 Å². The summed E-state index contributed by atoms with van der Waals surface area (Å²) in [6.45, 7) is 3.97. The van der Waals surface area contributed by atoms with Gasteiger partial charge in [-0.15, -0.1) is 0 Å². The molecule has 5 heteroatoms. The number of ether oxygens (including phenoxy) is 1. The van der Waals surface area contributed by atoms with Gasteiger partial charge < -0.3 is 14.2 Å². The molecule has 0 bridgehead atoms. The zero-order valence-corrected chi connectivity index (χ0v) is 10.6. The molecule has 98 valence electrons. The average Bonchev–Trinajstić information content (AvgIpc) is 2.99. The van der Waals surface area contributed by atoms with E-state index in [2.05, 4.69) is 0 Å². The molecule has 1 aliphatic heterocycles. The predicted octanol–water partition coefficient (Wildman–Crippen LogP) is 1.29. The average molecular weight is 250 g/mol. The zero-order valence-electron chi connectivity index (χ0n) is 10.6. The second kappa shape index (κ2) is 5.71. The predicted molar refractivity (Wildman–Crippen MR) is 66.2 cm³/mol. The van der Waals surface area contributed by atoms with E-state index in [0.717, 1.165) is 25.9 Å². The van der Waals surface area contributed by atoms with Crippen molar-refractivity contribution in [1.29, 1.82) is 0 Å². The summed E-state index contributed by atoms with van der Waals surface area (Å²) in [6.07, 6.45) is 3.88. The van der Waals surface area contributed by atoms with Crippen LogP contribution in [0.3, 0.4) is 0 Å². The van der Waals surface area contributed by atoms with Crippen molar-refractivity contribution in [3.05, 3.63) is 24.0 Å². The van der Waals surface area contributed by atoms with Crippen LogP contribution in [0.5, 0.6) is 0 Å². The van der Waals surface area contributed by atoms with Crippen LogP contribution >= 0.6 is 0 Å². The highest BCUT2D eigenvalue weighted by molar-refractivity contribution is 5.88. The monoisotopic (exact) mass is 250 g/mol. The van der Waals surface area contributed by atoms with Gasteiger partial charge >= 0.3 is 5.97 Å². The minimum Gasteiger partial charge on any atom is -0.461 e. The number of rotatable bonds is 4. The molecule has 2 heterocycles. The third-order valence-corrected chi connectivity index (χ3v) is 3.08. The van der Waals surface area contributed by atoms with Gasteiger partial charge in [-0.05, 0) is 31.9 Å². The summed E-state index contributed by atoms with van der Waals surface area (Å²) in [4.78, 5) is 25.5. The molecular formula is C13H18N2O3. The lowest BCUT2D eigenvalue weighted by Crippen LogP contribution is -2.31. The number of nitrogens with zero attached hydrogens (tertiary/aromatic N) is 2. The van der Waals surface area contributed by atoms with Gasteiger partial charge in [0.15, 0.2) is 0 Å². The Morgan fingerprint density at radius 1 is 1.33 bits per heavy atom. The lowest BCUT2D eigenvalue weighted by atomic mass is 10.4. The van der Waals surface area contributed by atoms with Gasteiger partial charge in [0.1, 0.15) is 12.2 Å². The number of hydrogen-bond donors (Lipinski definition) is 0. The molecule has 1 fully saturated rings. The summed E-state index contributed by atoms with van der Waals surface area (Å²) in [5.74, 6) is -0.314. The largest absolute Gasteiger partial charge is 0.461 e. The molecule has 2 rings (SSSR count). The lowest BCUT2D eigenvalue weighted by molar-refractivity contribution is -0.130. The van der Waals surface area contributed by atoms with Crippen molar-refractivity contribution in [2.24, 2.45) is 0 Å². The molecule has 0 saturated carbocycles. The number of carbonyl (C=O) groups is 2. The first-order chi connectivity index (χ1) is 8.72. The van der Waals surface area contributed by atoms with Crippen LogP contribution in [0, 0.1) is 0 Å². The Bertz CT molecular complexity index is 433. The lowest BCUT2D eigenvalue weighted by Gasteiger charge is -2.16. The fraction of sp³-hybridized carbons (Fsp3) is 0.538. The number of hydrogen-bond acceptors (Lipinski definition) is 3. The summed E-state index contributed by atoms with van der Waals surface area (Å²) in [7, 11) is 0. The SMILES string of the molecule is CCOC(=O)c1cccn1CC(=O)N1CCCC1. The summed E-state index contributed by atoms with van der Waals surface area (Å²) in [6, 6.07) is 3.43. The number of likely N-dealkylation sites (tertiary alicyclic amines) is 1. The van der Waals surface area contributed by atoms with Gasteiger partial charge in [-0.25, -0.2) is 4.79 Å². The van der Waals surface area contributed by atoms with Crippen molar-refractivity contribution in [2.75, 3.05) is 19.7 Å². The maximum Gasteiger partial charge on any atom is 0.354 e. The second-order valence-corrected chi connectivity index (χ2v) is 4.33. The van der Waals surface area contributed by atoms with E-state index < -0.39 is 0 Å². The Morgan fingerprint density at radius 3 is 2.72 bits per heavy atom. The Balaban J connectivity index is 2.02. The maximum absolute atomic E-state index is 12.0. The first-order valence-corrected chi connectivity index (χ1v) is 6.32. The molecule has 0 aliphatic carbocycles. The first kappa shape index (κ1) is 12.7. The Kier molecular flexibility index (Phi) is 4.02. The molecule has 0 N–H and O–H groups in total. The molecule has 1 aromatic heterocycles. The summed E-state index contributed by atoms with van der Waals surface area (Å²) in [5, 5.41) is 0. The third kappa shape index (κ3) is 2.72. The number of carbonyl (C=O) groups excluding carboxylic acids is 2. The Morgan fingerprint density at radius 2 is 2.06 bits per heavy atom. The topological polar surface area (TPSA) is 51.5 Å². The van der Waals surface area contributed by atoms with E-state index in [9.17, 15) is 9.59 Å². The van der Waals surface area contributed by atoms with Crippen molar-refractivity contribution < 1.29 is 14.3 Å². The molecule has 0 unspecified atom stereocenters. The standard InChI is InChI=1S/C13H18N2O3/c1-2-18-13(17)11-6-5-9-15(11)10-12(16)14-7-3-4-8-14/h5-6,9H,2-4,7-8,10H2,1H3. The molecule has 5 nitrogen and oxygen atoms in total. The van der Waals surface area contributed by atoms with E-state index >= 15 is 0 Å². The van der Waals surface area contributed by atoms with E-state index in [-0.39, 0.29) is 18.4 Å². The number of amides is 1. The smallest absolute Gasteiger partial charge is 0.354 e. The summed E-state index contributed by atoms with van der Waals surface area (Å²) in [5.41, 5.74) is 0.435. The van der Waals surface area contributed by atoms with Crippen LogP contribution in [0.15, 0.2) is 18.3 Å². The van der Waals surface area contributed by atoms with E-state index in [0.29, 0.717) is 12.3 Å². The van der Waals surface area contributed by atoms with Crippen LogP contribution in [0.2, 0.25) is 0 Å². The van der Waals surface area contributed by atoms with Crippen LogP contribution < -0.4 is 0 Å². The van der Waals surface area contributed by atoms with E-state index in [1.54, 1.807) is 29.8 Å². The molecule has 0 atom stereocenters. The van der Waals surface area contributed by atoms with Crippen LogP contribution in [0.4, 0.5) is 0 Å². The zero-order chi connectivity index (χ0) is 13.0. The van der Waals surface area contributed by atoms with Crippen molar-refractivity contribution in [3.8, 4) is 0 Å². The van der Waals surface area contributed by atoms with Gasteiger partial charge in [-0.3, -0.25) is 4.79 Å². The van der Waals surface area contributed by atoms with Gasteiger partial charge in [0.25, 0.3) is 0 Å². The highest BCUT2D eigenvalue weighted by Gasteiger charge is 2.20. The van der Waals surface area contributed by atoms with Crippen molar-refractivity contribution in [2.45, 2.75) is 26.3 Å². The normalized spacial score (nSPS) is 14.8. The van der Waals surface area contributed by atoms with Crippen molar-refractivity contribution >= 4 is 11.9 Å². The number of aromatic nitrogens is 1. The van der Waals surface area contributed by atoms with E-state index in [1.807, 2.05) is 4.90 Å². The molecule has 0 aromatic carbocycles. The molecule has 0 radical (unpaired) electrons. The molecular weight excluding hydrogens is 232 g/mol. The second-order valence-electron chi connectivity index (χ2n) is 4.33. The highest BCUT2D eigenvalue weighted by Crippen LogP contribution is 2.10. The Hall–Kier alpha value is -1.78. The van der Waals surface area contributed by atoms with E-state index in [4.69, 9.17) is 4.74 Å². The molecule has 1 aromatic rings. The van der Waals surface area contributed by atoms with Gasteiger partial charge in [-0.1, -0.05) is 0 Å². The first-order valence-electron chi connectivity index (χ1n) is 6.32. The van der Waals surface area contributed by atoms with Gasteiger partial charge in [0, 0.05) is 19.3 Å². The molecule has 1 saturated heterocycles. The molecule has 0 spiro atoms. The summed E-state index contributed by atoms with van der Waals surface area (Å²) < 4.78 is 6.60. The number of esters is 1. The highest BCUT2D eigenvalue weighted by atomic mass is 16.5. The van der Waals surface area contributed by atoms with Gasteiger partial charge in [0.05, 0.1) is 6.61 Å². The van der Waals surface area contributed by atoms with Crippen molar-refractivity contribution in [1.82, 2.24) is 9.47 Å². The van der Waals surface area contributed by atoms with Crippen molar-refractivity contribution in [3.63, 3.8) is 0 Å². The minimum absolute atomic E-state index is 0.0641. The quantitative estimate of drug-likeness (QED) is 0.757. The van der Waals surface area contributed by atoms with Gasteiger partial charge in [-0.2, -0.15) is 0 Å². The van der Waals surface area contributed by atoms with E-state index in [1.165, 1.54) is 0 Å². The molecule has 1 amide bonds. The van der Waals surface area contributed by atoms with Crippen LogP contribution in [0.1, 0.15) is 30.3 Å². The summed E-state index contributed by atoms with van der Waals surface area (Å²) >= 11 is 0. The molecule has 18 heavy (non-hydrogen) atoms. The van der Waals surface area contributed by atoms with Gasteiger partial charge in [0.2, 0.25) is 5.91 Å². The molecule has 1 aliphatic rings. The Labute approximate surface area is 106 Å².